The van der Waals surface area contributed by atoms with E-state index < -0.39 is 16.1 Å². The van der Waals surface area contributed by atoms with Crippen LogP contribution in [0.1, 0.15) is 56.1 Å². The summed E-state index contributed by atoms with van der Waals surface area (Å²) in [6, 6.07) is 27.9. The molecule has 234 valence electrons. The van der Waals surface area contributed by atoms with Gasteiger partial charge < -0.3 is 10.2 Å². The first kappa shape index (κ1) is 31.3. The van der Waals surface area contributed by atoms with Crippen molar-refractivity contribution in [2.45, 2.75) is 74.9 Å². The maximum Gasteiger partial charge on any atom is 0.265 e. The summed E-state index contributed by atoms with van der Waals surface area (Å²) in [5.41, 5.74) is 2.54. The van der Waals surface area contributed by atoms with Crippen LogP contribution in [-0.2, 0) is 32.6 Å². The van der Waals surface area contributed by atoms with Crippen LogP contribution < -0.4 is 9.62 Å². The van der Waals surface area contributed by atoms with Crippen molar-refractivity contribution in [3.8, 4) is 0 Å². The molecule has 4 aromatic rings. The lowest BCUT2D eigenvalue weighted by Gasteiger charge is -2.33. The van der Waals surface area contributed by atoms with E-state index in [4.69, 9.17) is 0 Å². The Morgan fingerprint density at radius 1 is 0.867 bits per heavy atom. The number of benzene rings is 4. The van der Waals surface area contributed by atoms with Gasteiger partial charge in [-0.25, -0.2) is 8.42 Å². The van der Waals surface area contributed by atoms with Crippen LogP contribution in [-0.4, -0.2) is 43.8 Å². The SMILES string of the molecule is O=C(NC1CCCCC1)C(Cc1ccccc1)N(Cc1ccc(Br)cc1)C(=O)CCCN1c2cccc3cccc(c23)S1(=O)=O. The average molecular weight is 689 g/mol. The average Bonchev–Trinajstić information content (AvgIpc) is 3.27. The van der Waals surface area contributed by atoms with E-state index in [1.54, 1.807) is 17.0 Å². The second-order valence-corrected chi connectivity index (χ2v) is 14.8. The van der Waals surface area contributed by atoms with Crippen molar-refractivity contribution >= 4 is 54.2 Å². The maximum absolute atomic E-state index is 14.2. The number of halogens is 1. The second-order valence-electron chi connectivity index (χ2n) is 12.0. The smallest absolute Gasteiger partial charge is 0.265 e. The van der Waals surface area contributed by atoms with Gasteiger partial charge >= 0.3 is 0 Å². The molecule has 7 nitrogen and oxygen atoms in total. The number of anilines is 1. The zero-order valence-electron chi connectivity index (χ0n) is 25.2. The van der Waals surface area contributed by atoms with Crippen LogP contribution in [0, 0.1) is 0 Å². The minimum absolute atomic E-state index is 0.108. The van der Waals surface area contributed by atoms with E-state index in [0.717, 1.165) is 52.1 Å². The number of carbonyl (C=O) groups excluding carboxylic acids is 2. The van der Waals surface area contributed by atoms with Crippen molar-refractivity contribution < 1.29 is 18.0 Å². The molecule has 1 fully saturated rings. The molecule has 1 unspecified atom stereocenters. The van der Waals surface area contributed by atoms with Gasteiger partial charge in [0.15, 0.2) is 0 Å². The van der Waals surface area contributed by atoms with Crippen LogP contribution in [0.25, 0.3) is 10.8 Å². The zero-order valence-corrected chi connectivity index (χ0v) is 27.6. The molecule has 1 N–H and O–H groups in total. The van der Waals surface area contributed by atoms with Gasteiger partial charge in [-0.1, -0.05) is 102 Å². The highest BCUT2D eigenvalue weighted by Gasteiger charge is 2.36. The Morgan fingerprint density at radius 3 is 2.31 bits per heavy atom. The van der Waals surface area contributed by atoms with Crippen molar-refractivity contribution in [3.05, 3.63) is 107 Å². The van der Waals surface area contributed by atoms with Crippen LogP contribution >= 0.6 is 15.9 Å². The van der Waals surface area contributed by atoms with E-state index in [9.17, 15) is 18.0 Å². The molecule has 1 heterocycles. The molecular formula is C36H38BrN3O4S. The predicted molar refractivity (Wildman–Crippen MR) is 181 cm³/mol. The van der Waals surface area contributed by atoms with E-state index in [1.165, 1.54) is 10.7 Å². The van der Waals surface area contributed by atoms with E-state index in [1.807, 2.05) is 78.9 Å². The van der Waals surface area contributed by atoms with Crippen LogP contribution in [0.5, 0.6) is 0 Å². The highest BCUT2D eigenvalue weighted by Crippen LogP contribution is 2.42. The maximum atomic E-state index is 14.2. The molecule has 0 bridgehead atoms. The lowest BCUT2D eigenvalue weighted by molar-refractivity contribution is -0.141. The Morgan fingerprint density at radius 2 is 1.58 bits per heavy atom. The van der Waals surface area contributed by atoms with Gasteiger partial charge in [-0.3, -0.25) is 13.9 Å². The number of nitrogens with zero attached hydrogens (tertiary/aromatic N) is 2. The summed E-state index contributed by atoms with van der Waals surface area (Å²) in [6.07, 6.45) is 6.08. The minimum atomic E-state index is -3.72. The fraction of sp³-hybridized carbons (Fsp3) is 0.333. The van der Waals surface area contributed by atoms with Crippen LogP contribution in [0.15, 0.2) is 100 Å². The molecule has 45 heavy (non-hydrogen) atoms. The number of nitrogens with one attached hydrogen (secondary N) is 1. The highest BCUT2D eigenvalue weighted by molar-refractivity contribution is 9.10. The van der Waals surface area contributed by atoms with Gasteiger partial charge in [-0.2, -0.15) is 0 Å². The number of rotatable bonds is 11. The van der Waals surface area contributed by atoms with Gasteiger partial charge in [-0.05, 0) is 60.0 Å². The van der Waals surface area contributed by atoms with E-state index in [2.05, 4.69) is 21.2 Å². The Balaban J connectivity index is 1.25. The van der Waals surface area contributed by atoms with Gasteiger partial charge in [0.2, 0.25) is 11.8 Å². The second kappa shape index (κ2) is 13.7. The molecule has 0 saturated heterocycles. The van der Waals surface area contributed by atoms with Crippen molar-refractivity contribution in [1.29, 1.82) is 0 Å². The molecule has 4 aromatic carbocycles. The third-order valence-electron chi connectivity index (χ3n) is 8.92. The first-order valence-electron chi connectivity index (χ1n) is 15.7. The molecule has 2 amide bonds. The molecule has 2 aliphatic rings. The Labute approximate surface area is 273 Å². The van der Waals surface area contributed by atoms with Crippen LogP contribution in [0.4, 0.5) is 5.69 Å². The molecule has 1 aliphatic carbocycles. The van der Waals surface area contributed by atoms with Crippen molar-refractivity contribution in [3.63, 3.8) is 0 Å². The number of hydrogen-bond acceptors (Lipinski definition) is 4. The van der Waals surface area contributed by atoms with Crippen LogP contribution in [0.2, 0.25) is 0 Å². The first-order chi connectivity index (χ1) is 21.8. The Kier molecular flexibility index (Phi) is 9.56. The first-order valence-corrected chi connectivity index (χ1v) is 18.0. The normalized spacial score (nSPS) is 16.4. The molecule has 9 heteroatoms. The number of carbonyl (C=O) groups is 2. The zero-order chi connectivity index (χ0) is 31.4. The number of amides is 2. The van der Waals surface area contributed by atoms with Crippen LogP contribution in [0.3, 0.4) is 0 Å². The summed E-state index contributed by atoms with van der Waals surface area (Å²) in [6.45, 7) is 0.445. The molecule has 1 saturated carbocycles. The summed E-state index contributed by atoms with van der Waals surface area (Å²) in [5, 5.41) is 4.88. The van der Waals surface area contributed by atoms with E-state index in [0.29, 0.717) is 23.4 Å². The lowest BCUT2D eigenvalue weighted by atomic mass is 9.94. The third kappa shape index (κ3) is 6.94. The van der Waals surface area contributed by atoms with Crippen molar-refractivity contribution in [1.82, 2.24) is 10.2 Å². The largest absolute Gasteiger partial charge is 0.352 e. The van der Waals surface area contributed by atoms with Gasteiger partial charge in [0.1, 0.15) is 6.04 Å². The monoisotopic (exact) mass is 687 g/mol. The summed E-state index contributed by atoms with van der Waals surface area (Å²) in [5.74, 6) is -0.314. The standard InChI is InChI=1S/C36H38BrN3O4S/c37-29-21-19-27(20-22-29)25-39(32(24-26-10-3-1-4-11-26)36(42)38-30-14-5-2-6-15-30)34(41)18-9-23-40-31-16-7-12-28-13-8-17-33(35(28)31)45(40,43)44/h1,3-4,7-8,10-13,16-17,19-22,30,32H,2,5-6,9,14-15,18,23-25H2,(H,38,42). The van der Waals surface area contributed by atoms with E-state index >= 15 is 0 Å². The predicted octanol–water partition coefficient (Wildman–Crippen LogP) is 6.98. The Hall–Kier alpha value is -3.69. The lowest BCUT2D eigenvalue weighted by Crippen LogP contribution is -2.52. The Bertz CT molecular complexity index is 1770. The van der Waals surface area contributed by atoms with Crippen molar-refractivity contribution in [2.75, 3.05) is 10.8 Å². The number of hydrogen-bond donors (Lipinski definition) is 1. The quantitative estimate of drug-likeness (QED) is 0.184. The van der Waals surface area contributed by atoms with Gasteiger partial charge in [0, 0.05) is 41.8 Å². The molecule has 1 atom stereocenters. The molecule has 0 aromatic heterocycles. The summed E-state index contributed by atoms with van der Waals surface area (Å²) < 4.78 is 29.4. The summed E-state index contributed by atoms with van der Waals surface area (Å²) in [4.78, 5) is 30.2. The summed E-state index contributed by atoms with van der Waals surface area (Å²) >= 11 is 3.49. The highest BCUT2D eigenvalue weighted by atomic mass is 79.9. The molecule has 0 spiro atoms. The third-order valence-corrected chi connectivity index (χ3v) is 11.3. The fourth-order valence-electron chi connectivity index (χ4n) is 6.60. The molecular weight excluding hydrogens is 650 g/mol. The minimum Gasteiger partial charge on any atom is -0.352 e. The van der Waals surface area contributed by atoms with Gasteiger partial charge in [0.25, 0.3) is 10.0 Å². The summed E-state index contributed by atoms with van der Waals surface area (Å²) in [7, 11) is -3.72. The molecule has 1 aliphatic heterocycles. The van der Waals surface area contributed by atoms with Crippen molar-refractivity contribution in [2.24, 2.45) is 0 Å². The molecule has 0 radical (unpaired) electrons. The fourth-order valence-corrected chi connectivity index (χ4v) is 8.61. The van der Waals surface area contributed by atoms with Gasteiger partial charge in [0.05, 0.1) is 10.6 Å². The van der Waals surface area contributed by atoms with Gasteiger partial charge in [-0.15, -0.1) is 0 Å². The van der Waals surface area contributed by atoms with E-state index in [-0.39, 0.29) is 37.4 Å². The number of sulfonamides is 1. The molecule has 6 rings (SSSR count). The topological polar surface area (TPSA) is 86.8 Å².